The molecule has 140 valence electrons. The summed E-state index contributed by atoms with van der Waals surface area (Å²) in [5, 5.41) is 0. The van der Waals surface area contributed by atoms with Crippen molar-refractivity contribution in [3.05, 3.63) is 89.0 Å². The van der Waals surface area contributed by atoms with Crippen molar-refractivity contribution in [3.63, 3.8) is 0 Å². The number of benzene rings is 3. The first kappa shape index (κ1) is 18.8. The molecule has 0 aliphatic carbocycles. The number of alkyl halides is 2. The number of hydrogen-bond acceptors (Lipinski definition) is 1. The topological polar surface area (TPSA) is 9.23 Å². The van der Waals surface area contributed by atoms with Gasteiger partial charge < -0.3 is 4.74 Å². The Labute approximate surface area is 150 Å². The van der Waals surface area contributed by atoms with Crippen LogP contribution in [-0.4, -0.2) is 0 Å². The van der Waals surface area contributed by atoms with Gasteiger partial charge >= 0.3 is 6.11 Å². The molecule has 0 unspecified atom stereocenters. The molecule has 0 saturated heterocycles. The fourth-order valence-corrected chi connectivity index (χ4v) is 2.50. The van der Waals surface area contributed by atoms with E-state index in [1.165, 1.54) is 0 Å². The van der Waals surface area contributed by atoms with E-state index in [-0.39, 0.29) is 5.56 Å². The summed E-state index contributed by atoms with van der Waals surface area (Å²) >= 11 is 0. The maximum absolute atomic E-state index is 14.3. The maximum Gasteiger partial charge on any atom is 0.432 e. The molecule has 0 aliphatic rings. The van der Waals surface area contributed by atoms with Crippen molar-refractivity contribution in [2.75, 3.05) is 0 Å². The second kappa shape index (κ2) is 6.98. The highest BCUT2D eigenvalue weighted by molar-refractivity contribution is 5.64. The highest BCUT2D eigenvalue weighted by Crippen LogP contribution is 2.37. The van der Waals surface area contributed by atoms with Gasteiger partial charge in [-0.25, -0.2) is 17.6 Å². The van der Waals surface area contributed by atoms with Gasteiger partial charge in [0.15, 0.2) is 11.6 Å². The first-order valence-corrected chi connectivity index (χ1v) is 7.76. The summed E-state index contributed by atoms with van der Waals surface area (Å²) in [5.74, 6) is -6.54. The summed E-state index contributed by atoms with van der Waals surface area (Å²) in [5.41, 5.74) is -0.196. The minimum atomic E-state index is -4.44. The van der Waals surface area contributed by atoms with E-state index in [0.717, 1.165) is 23.8 Å². The first-order chi connectivity index (χ1) is 12.7. The Morgan fingerprint density at radius 2 is 1.26 bits per heavy atom. The minimum absolute atomic E-state index is 0.0670. The fourth-order valence-electron chi connectivity index (χ4n) is 2.50. The van der Waals surface area contributed by atoms with Gasteiger partial charge in [0.2, 0.25) is 0 Å². The van der Waals surface area contributed by atoms with Crippen molar-refractivity contribution >= 4 is 0 Å². The van der Waals surface area contributed by atoms with Crippen LogP contribution >= 0.6 is 0 Å². The predicted octanol–water partition coefficient (Wildman–Crippen LogP) is 6.35. The average Bonchev–Trinajstić information content (AvgIpc) is 2.57. The minimum Gasteiger partial charge on any atom is -0.429 e. The van der Waals surface area contributed by atoms with Crippen LogP contribution in [0.3, 0.4) is 0 Å². The normalized spacial score (nSPS) is 11.5. The van der Waals surface area contributed by atoms with Crippen LogP contribution in [0.4, 0.5) is 26.3 Å². The number of hydrogen-bond donors (Lipinski definition) is 0. The lowest BCUT2D eigenvalue weighted by Crippen LogP contribution is -2.25. The van der Waals surface area contributed by atoms with Crippen molar-refractivity contribution in [3.8, 4) is 16.9 Å². The van der Waals surface area contributed by atoms with Crippen molar-refractivity contribution in [2.45, 2.75) is 13.0 Å². The van der Waals surface area contributed by atoms with Gasteiger partial charge in [-0.1, -0.05) is 29.8 Å². The van der Waals surface area contributed by atoms with E-state index >= 15 is 0 Å². The van der Waals surface area contributed by atoms with Crippen molar-refractivity contribution < 1.29 is 31.1 Å². The number of aryl methyl sites for hydroxylation is 1. The Kier molecular flexibility index (Phi) is 4.87. The highest BCUT2D eigenvalue weighted by atomic mass is 19.3. The first-order valence-electron chi connectivity index (χ1n) is 7.76. The standard InChI is InChI=1S/C20H12F6O/c1-11-2-4-12(5-3-11)13-8-17(23)19(18(24)9-13)20(25,26)27-14-6-7-15(21)16(22)10-14/h2-10H,1H3. The average molecular weight is 382 g/mol. The second-order valence-corrected chi connectivity index (χ2v) is 5.88. The van der Waals surface area contributed by atoms with Gasteiger partial charge in [-0.3, -0.25) is 0 Å². The summed E-state index contributed by atoms with van der Waals surface area (Å²) in [6, 6.07) is 9.77. The van der Waals surface area contributed by atoms with Gasteiger partial charge in [0.05, 0.1) is 0 Å². The van der Waals surface area contributed by atoms with Crippen LogP contribution in [0.1, 0.15) is 11.1 Å². The smallest absolute Gasteiger partial charge is 0.429 e. The molecule has 0 saturated carbocycles. The second-order valence-electron chi connectivity index (χ2n) is 5.88. The number of halogens is 6. The van der Waals surface area contributed by atoms with E-state index in [9.17, 15) is 26.3 Å². The van der Waals surface area contributed by atoms with E-state index in [4.69, 9.17) is 0 Å². The van der Waals surface area contributed by atoms with Gasteiger partial charge in [-0.2, -0.15) is 8.78 Å². The molecule has 7 heteroatoms. The van der Waals surface area contributed by atoms with Gasteiger partial charge in [-0.15, -0.1) is 0 Å². The molecule has 0 aliphatic heterocycles. The van der Waals surface area contributed by atoms with Crippen molar-refractivity contribution in [1.82, 2.24) is 0 Å². The lowest BCUT2D eigenvalue weighted by molar-refractivity contribution is -0.189. The molecular weight excluding hydrogens is 370 g/mol. The molecule has 0 radical (unpaired) electrons. The monoisotopic (exact) mass is 382 g/mol. The molecule has 0 atom stereocenters. The third-order valence-electron chi connectivity index (χ3n) is 3.86. The molecule has 0 bridgehead atoms. The zero-order valence-corrected chi connectivity index (χ0v) is 13.9. The molecule has 1 nitrogen and oxygen atoms in total. The van der Waals surface area contributed by atoms with Gasteiger partial charge in [0, 0.05) is 6.07 Å². The number of ether oxygens (including phenoxy) is 1. The van der Waals surface area contributed by atoms with Crippen LogP contribution < -0.4 is 4.74 Å². The largest absolute Gasteiger partial charge is 0.432 e. The fraction of sp³-hybridized carbons (Fsp3) is 0.100. The van der Waals surface area contributed by atoms with Crippen molar-refractivity contribution in [2.24, 2.45) is 0 Å². The molecule has 0 heterocycles. The van der Waals surface area contributed by atoms with Crippen LogP contribution in [0.5, 0.6) is 5.75 Å². The summed E-state index contributed by atoms with van der Waals surface area (Å²) in [6.45, 7) is 1.82. The molecule has 3 aromatic rings. The predicted molar refractivity (Wildman–Crippen MR) is 87.4 cm³/mol. The van der Waals surface area contributed by atoms with Crippen LogP contribution in [0.2, 0.25) is 0 Å². The molecule has 0 fully saturated rings. The zero-order valence-electron chi connectivity index (χ0n) is 13.9. The molecular formula is C20H12F6O. The molecule has 27 heavy (non-hydrogen) atoms. The molecule has 3 rings (SSSR count). The van der Waals surface area contributed by atoms with Gasteiger partial charge in [0.25, 0.3) is 0 Å². The zero-order chi connectivity index (χ0) is 19.8. The van der Waals surface area contributed by atoms with E-state index in [2.05, 4.69) is 4.74 Å². The van der Waals surface area contributed by atoms with E-state index in [1.54, 1.807) is 24.3 Å². The van der Waals surface area contributed by atoms with Crippen LogP contribution in [0, 0.1) is 30.2 Å². The van der Waals surface area contributed by atoms with Gasteiger partial charge in [-0.05, 0) is 42.3 Å². The maximum atomic E-state index is 14.3. The Balaban J connectivity index is 1.97. The lowest BCUT2D eigenvalue weighted by Gasteiger charge is -2.20. The Morgan fingerprint density at radius 1 is 0.667 bits per heavy atom. The quantitative estimate of drug-likeness (QED) is 0.478. The Bertz CT molecular complexity index is 959. The third-order valence-corrected chi connectivity index (χ3v) is 3.86. The van der Waals surface area contributed by atoms with Gasteiger partial charge in [0.1, 0.15) is 22.9 Å². The van der Waals surface area contributed by atoms with Crippen LogP contribution in [0.15, 0.2) is 54.6 Å². The van der Waals surface area contributed by atoms with Crippen molar-refractivity contribution in [1.29, 1.82) is 0 Å². The lowest BCUT2D eigenvalue weighted by atomic mass is 10.0. The Morgan fingerprint density at radius 3 is 1.81 bits per heavy atom. The summed E-state index contributed by atoms with van der Waals surface area (Å²) in [6.07, 6.45) is -4.44. The van der Waals surface area contributed by atoms with E-state index in [1.807, 2.05) is 6.92 Å². The molecule has 0 spiro atoms. The highest BCUT2D eigenvalue weighted by Gasteiger charge is 2.41. The molecule has 0 N–H and O–H groups in total. The van der Waals surface area contributed by atoms with Crippen LogP contribution in [-0.2, 0) is 6.11 Å². The molecule has 3 aromatic carbocycles. The Hall–Kier alpha value is -2.96. The summed E-state index contributed by atoms with van der Waals surface area (Å²) in [7, 11) is 0. The SMILES string of the molecule is Cc1ccc(-c2cc(F)c(C(F)(F)Oc3ccc(F)c(F)c3)c(F)c2)cc1. The summed E-state index contributed by atoms with van der Waals surface area (Å²) in [4.78, 5) is 0. The number of rotatable bonds is 4. The third kappa shape index (κ3) is 3.92. The van der Waals surface area contributed by atoms with Crippen LogP contribution in [0.25, 0.3) is 11.1 Å². The summed E-state index contributed by atoms with van der Waals surface area (Å²) < 4.78 is 87.3. The van der Waals surface area contributed by atoms with E-state index in [0.29, 0.717) is 17.7 Å². The van der Waals surface area contributed by atoms with E-state index < -0.39 is 40.7 Å². The molecule has 0 aromatic heterocycles. The molecule has 0 amide bonds.